The molecule has 0 aromatic heterocycles. The first-order valence-corrected chi connectivity index (χ1v) is 6.05. The Kier molecular flexibility index (Phi) is 3.47. The zero-order valence-corrected chi connectivity index (χ0v) is 10.3. The summed E-state index contributed by atoms with van der Waals surface area (Å²) < 4.78 is 0. The molecule has 0 bridgehead atoms. The fourth-order valence-corrected chi connectivity index (χ4v) is 2.01. The number of hydrogen-bond acceptors (Lipinski definition) is 2. The van der Waals surface area contributed by atoms with Crippen molar-refractivity contribution >= 4 is 17.3 Å². The average molecular weight is 230 g/mol. The molecule has 17 heavy (non-hydrogen) atoms. The third-order valence-electron chi connectivity index (χ3n) is 2.94. The zero-order valence-electron chi connectivity index (χ0n) is 10.3. The second-order valence-corrected chi connectivity index (χ2v) is 4.30. The van der Waals surface area contributed by atoms with Gasteiger partial charge >= 0.3 is 0 Å². The Morgan fingerprint density at radius 3 is 3.12 bits per heavy atom. The maximum atomic E-state index is 11.8. The number of allylic oxidation sites excluding steroid dienone is 1. The summed E-state index contributed by atoms with van der Waals surface area (Å²) in [5.74, 6) is -0.0160. The lowest BCUT2D eigenvalue weighted by molar-refractivity contribution is -0.112. The minimum Gasteiger partial charge on any atom is -0.384 e. The van der Waals surface area contributed by atoms with E-state index >= 15 is 0 Å². The first-order valence-electron chi connectivity index (χ1n) is 6.05. The van der Waals surface area contributed by atoms with Crippen molar-refractivity contribution in [2.24, 2.45) is 0 Å². The van der Waals surface area contributed by atoms with Gasteiger partial charge in [-0.05, 0) is 43.5 Å². The van der Waals surface area contributed by atoms with Crippen LogP contribution in [0, 0.1) is 0 Å². The number of carbonyl (C=O) groups excluding carboxylic acids is 1. The third-order valence-corrected chi connectivity index (χ3v) is 2.94. The van der Waals surface area contributed by atoms with E-state index < -0.39 is 0 Å². The Morgan fingerprint density at radius 2 is 2.35 bits per heavy atom. The first-order chi connectivity index (χ1) is 8.20. The Bertz CT molecular complexity index is 463. The summed E-state index contributed by atoms with van der Waals surface area (Å²) in [5.41, 5.74) is 4.11. The van der Waals surface area contributed by atoms with Crippen LogP contribution in [0.3, 0.4) is 0 Å². The van der Waals surface area contributed by atoms with Crippen molar-refractivity contribution in [2.45, 2.75) is 26.7 Å². The summed E-state index contributed by atoms with van der Waals surface area (Å²) in [6.07, 6.45) is 3.85. The van der Waals surface area contributed by atoms with Gasteiger partial charge in [0.15, 0.2) is 0 Å². The highest BCUT2D eigenvalue weighted by molar-refractivity contribution is 6.03. The molecule has 0 saturated heterocycles. The van der Waals surface area contributed by atoms with E-state index in [1.54, 1.807) is 0 Å². The molecule has 1 aliphatic heterocycles. The van der Waals surface area contributed by atoms with Crippen molar-refractivity contribution in [3.8, 4) is 0 Å². The molecule has 1 aromatic carbocycles. The normalized spacial score (nSPS) is 14.1. The van der Waals surface area contributed by atoms with E-state index in [0.717, 1.165) is 30.6 Å². The van der Waals surface area contributed by atoms with Crippen LogP contribution >= 0.6 is 0 Å². The number of hydrogen-bond donors (Lipinski definition) is 2. The molecule has 2 rings (SSSR count). The molecule has 3 heteroatoms. The van der Waals surface area contributed by atoms with Crippen LogP contribution in [0.1, 0.15) is 25.8 Å². The van der Waals surface area contributed by atoms with Crippen molar-refractivity contribution in [1.82, 2.24) is 0 Å². The summed E-state index contributed by atoms with van der Waals surface area (Å²) >= 11 is 0. The zero-order chi connectivity index (χ0) is 12.3. The smallest absolute Gasteiger partial charge is 0.250 e. The van der Waals surface area contributed by atoms with Crippen LogP contribution < -0.4 is 10.6 Å². The van der Waals surface area contributed by atoms with Crippen LogP contribution in [0.2, 0.25) is 0 Å². The summed E-state index contributed by atoms with van der Waals surface area (Å²) in [6.45, 7) is 4.85. The maximum absolute atomic E-state index is 11.8. The van der Waals surface area contributed by atoms with Crippen LogP contribution in [0.4, 0.5) is 11.4 Å². The fraction of sp³-hybridized carbons (Fsp3) is 0.357. The number of carbonyl (C=O) groups is 1. The molecule has 0 fully saturated rings. The summed E-state index contributed by atoms with van der Waals surface area (Å²) in [6, 6.07) is 6.01. The molecule has 90 valence electrons. The van der Waals surface area contributed by atoms with E-state index in [0.29, 0.717) is 0 Å². The van der Waals surface area contributed by atoms with Gasteiger partial charge < -0.3 is 10.6 Å². The summed E-state index contributed by atoms with van der Waals surface area (Å²) in [4.78, 5) is 11.8. The van der Waals surface area contributed by atoms with Crippen molar-refractivity contribution in [3.05, 3.63) is 35.4 Å². The van der Waals surface area contributed by atoms with Gasteiger partial charge in [-0.1, -0.05) is 13.0 Å². The molecule has 0 radical (unpaired) electrons. The minimum absolute atomic E-state index is 0.0160. The van der Waals surface area contributed by atoms with Gasteiger partial charge in [0.2, 0.25) is 0 Å². The second kappa shape index (κ2) is 5.04. The van der Waals surface area contributed by atoms with E-state index in [4.69, 9.17) is 0 Å². The van der Waals surface area contributed by atoms with Crippen molar-refractivity contribution in [3.63, 3.8) is 0 Å². The molecule has 3 nitrogen and oxygen atoms in total. The van der Waals surface area contributed by atoms with Crippen LogP contribution in [-0.2, 0) is 11.2 Å². The Hall–Kier alpha value is -1.77. The molecule has 0 atom stereocenters. The lowest BCUT2D eigenvalue weighted by atomic mass is 10.1. The van der Waals surface area contributed by atoms with Gasteiger partial charge in [0.25, 0.3) is 5.91 Å². The van der Waals surface area contributed by atoms with Crippen molar-refractivity contribution in [1.29, 1.82) is 0 Å². The topological polar surface area (TPSA) is 41.1 Å². The quantitative estimate of drug-likeness (QED) is 0.784. The number of anilines is 2. The molecular weight excluding hydrogens is 212 g/mol. The van der Waals surface area contributed by atoms with E-state index in [1.807, 2.05) is 38.1 Å². The van der Waals surface area contributed by atoms with Crippen LogP contribution in [0.25, 0.3) is 0 Å². The van der Waals surface area contributed by atoms with Crippen molar-refractivity contribution in [2.75, 3.05) is 17.2 Å². The maximum Gasteiger partial charge on any atom is 0.250 e. The molecule has 0 spiro atoms. The van der Waals surface area contributed by atoms with Gasteiger partial charge in [0.05, 0.1) is 0 Å². The van der Waals surface area contributed by atoms with E-state index in [9.17, 15) is 4.79 Å². The van der Waals surface area contributed by atoms with Gasteiger partial charge in [-0.2, -0.15) is 0 Å². The standard InChI is InChI=1S/C14H18N2O/c1-3-4-10(2)14(17)16-12-5-6-13-11(9-12)7-8-15-13/h4-6,9,15H,3,7-8H2,1-2H3,(H,16,17)/b10-4-. The molecule has 0 saturated carbocycles. The molecule has 1 aliphatic rings. The number of fused-ring (bicyclic) bond motifs is 1. The second-order valence-electron chi connectivity index (χ2n) is 4.30. The molecule has 1 heterocycles. The van der Waals surface area contributed by atoms with E-state index in [2.05, 4.69) is 10.6 Å². The SMILES string of the molecule is CC/C=C(/C)C(=O)Nc1ccc2c(c1)CCN2. The molecule has 0 unspecified atom stereocenters. The van der Waals surface area contributed by atoms with Gasteiger partial charge in [-0.3, -0.25) is 4.79 Å². The fourth-order valence-electron chi connectivity index (χ4n) is 2.01. The number of benzene rings is 1. The largest absolute Gasteiger partial charge is 0.384 e. The van der Waals surface area contributed by atoms with Gasteiger partial charge in [0, 0.05) is 23.5 Å². The van der Waals surface area contributed by atoms with Gasteiger partial charge in [-0.15, -0.1) is 0 Å². The van der Waals surface area contributed by atoms with Gasteiger partial charge in [-0.25, -0.2) is 0 Å². The van der Waals surface area contributed by atoms with Gasteiger partial charge in [0.1, 0.15) is 0 Å². The van der Waals surface area contributed by atoms with E-state index in [1.165, 1.54) is 11.3 Å². The number of nitrogens with one attached hydrogen (secondary N) is 2. The number of rotatable bonds is 3. The molecule has 0 aliphatic carbocycles. The van der Waals surface area contributed by atoms with E-state index in [-0.39, 0.29) is 5.91 Å². The minimum atomic E-state index is -0.0160. The molecule has 1 aromatic rings. The molecule has 1 amide bonds. The number of amides is 1. The Labute approximate surface area is 102 Å². The monoisotopic (exact) mass is 230 g/mol. The van der Waals surface area contributed by atoms with Crippen LogP contribution in [0.15, 0.2) is 29.8 Å². The van der Waals surface area contributed by atoms with Crippen molar-refractivity contribution < 1.29 is 4.79 Å². The molecular formula is C14H18N2O. The first kappa shape index (κ1) is 11.7. The lowest BCUT2D eigenvalue weighted by Gasteiger charge is -2.07. The summed E-state index contributed by atoms with van der Waals surface area (Å²) in [7, 11) is 0. The Morgan fingerprint density at radius 1 is 1.53 bits per heavy atom. The Balaban J connectivity index is 2.09. The summed E-state index contributed by atoms with van der Waals surface area (Å²) in [5, 5.41) is 6.22. The average Bonchev–Trinajstić information content (AvgIpc) is 2.76. The highest BCUT2D eigenvalue weighted by Gasteiger charge is 2.11. The third kappa shape index (κ3) is 2.67. The van der Waals surface area contributed by atoms with Crippen LogP contribution in [-0.4, -0.2) is 12.5 Å². The molecule has 2 N–H and O–H groups in total. The highest BCUT2D eigenvalue weighted by Crippen LogP contribution is 2.25. The predicted octanol–water partition coefficient (Wildman–Crippen LogP) is 2.95. The predicted molar refractivity (Wildman–Crippen MR) is 71.3 cm³/mol. The highest BCUT2D eigenvalue weighted by atomic mass is 16.1. The van der Waals surface area contributed by atoms with Crippen LogP contribution in [0.5, 0.6) is 0 Å². The lowest BCUT2D eigenvalue weighted by Crippen LogP contribution is -2.12.